The largest absolute Gasteiger partial charge is 0.462 e. The highest BCUT2D eigenvalue weighted by Crippen LogP contribution is 2.46. The first-order chi connectivity index (χ1) is 17.5. The molecule has 1 saturated heterocycles. The molecule has 1 aliphatic rings. The van der Waals surface area contributed by atoms with Crippen molar-refractivity contribution >= 4 is 13.7 Å². The van der Waals surface area contributed by atoms with Gasteiger partial charge in [0.25, 0.3) is 5.56 Å². The Morgan fingerprint density at radius 3 is 2.62 bits per heavy atom. The summed E-state index contributed by atoms with van der Waals surface area (Å²) in [5.74, 6) is -0.533. The second kappa shape index (κ2) is 12.2. The van der Waals surface area contributed by atoms with Crippen molar-refractivity contribution in [2.45, 2.75) is 57.4 Å². The number of para-hydroxylation sites is 1. The lowest BCUT2D eigenvalue weighted by Crippen LogP contribution is -2.38. The number of hydrogen-bond donors (Lipinski definition) is 3. The van der Waals surface area contributed by atoms with E-state index in [1.807, 2.05) is 4.98 Å². The number of hydrogen-bond acceptors (Lipinski definition) is 10. The highest BCUT2D eigenvalue weighted by molar-refractivity contribution is 7.52. The van der Waals surface area contributed by atoms with Crippen molar-refractivity contribution < 1.29 is 33.0 Å². The second-order valence-electron chi connectivity index (χ2n) is 8.30. The summed E-state index contributed by atoms with van der Waals surface area (Å²) in [6.45, 7) is 4.16. The molecule has 1 aromatic carbocycles. The van der Waals surface area contributed by atoms with Gasteiger partial charge in [-0.15, -0.1) is 0 Å². The highest BCUT2D eigenvalue weighted by Gasteiger charge is 2.46. The number of aromatic amines is 1. The zero-order chi connectivity index (χ0) is 27.2. The summed E-state index contributed by atoms with van der Waals surface area (Å²) in [6, 6.07) is 6.69. The van der Waals surface area contributed by atoms with E-state index in [9.17, 15) is 24.1 Å². The van der Waals surface area contributed by atoms with E-state index in [-0.39, 0.29) is 5.75 Å². The smallest absolute Gasteiger partial charge is 0.459 e. The molecule has 1 aromatic heterocycles. The van der Waals surface area contributed by atoms with E-state index in [4.69, 9.17) is 24.1 Å². The third-order valence-corrected chi connectivity index (χ3v) is 6.73. The molecule has 2 aromatic rings. The molecule has 3 rings (SSSR count). The molecule has 0 saturated carbocycles. The van der Waals surface area contributed by atoms with Crippen LogP contribution in [0.3, 0.4) is 0 Å². The first-order valence-corrected chi connectivity index (χ1v) is 12.7. The summed E-state index contributed by atoms with van der Waals surface area (Å²) in [6.07, 6.45) is -3.33. The summed E-state index contributed by atoms with van der Waals surface area (Å²) in [4.78, 5) is 40.6. The number of azide groups is 1. The first-order valence-electron chi connectivity index (χ1n) is 11.2. The van der Waals surface area contributed by atoms with Crippen LogP contribution in [0, 0.1) is 0 Å². The van der Waals surface area contributed by atoms with Crippen LogP contribution in [-0.2, 0) is 23.4 Å². The molecule has 6 atom stereocenters. The molecular formula is C21H27N6O9P. The van der Waals surface area contributed by atoms with Crippen LogP contribution < -0.4 is 20.9 Å². The minimum atomic E-state index is -4.28. The number of H-pyrrole nitrogens is 1. The zero-order valence-corrected chi connectivity index (χ0v) is 21.1. The SMILES string of the molecule is CC(C)OC(=O)[C@H](C)NP(=O)(OC[C@H]1O[C@@H](n2ccc(=O)[nH]c2=O)C(N=[N+]=[N-])[C@@H]1O)Oc1ccccc1. The average Bonchev–Trinajstić information content (AvgIpc) is 3.13. The highest BCUT2D eigenvalue weighted by atomic mass is 31.2. The van der Waals surface area contributed by atoms with Crippen molar-refractivity contribution in [3.8, 4) is 5.75 Å². The lowest BCUT2D eigenvalue weighted by Gasteiger charge is -2.25. The number of carbonyl (C=O) groups is 1. The van der Waals surface area contributed by atoms with E-state index in [2.05, 4.69) is 15.1 Å². The number of ether oxygens (including phenoxy) is 2. The van der Waals surface area contributed by atoms with E-state index in [1.165, 1.54) is 19.1 Å². The van der Waals surface area contributed by atoms with Gasteiger partial charge in [0.15, 0.2) is 0 Å². The number of benzene rings is 1. The molecule has 0 bridgehead atoms. The van der Waals surface area contributed by atoms with Crippen LogP contribution in [0.4, 0.5) is 0 Å². The number of nitrogens with one attached hydrogen (secondary N) is 2. The topological polar surface area (TPSA) is 207 Å². The fraction of sp³-hybridized carbons (Fsp3) is 0.476. The molecule has 0 spiro atoms. The van der Waals surface area contributed by atoms with Crippen molar-refractivity contribution in [2.75, 3.05) is 6.61 Å². The predicted octanol–water partition coefficient (Wildman–Crippen LogP) is 1.61. The third-order valence-electron chi connectivity index (χ3n) is 5.08. The van der Waals surface area contributed by atoms with Crippen LogP contribution in [0.15, 0.2) is 57.3 Å². The second-order valence-corrected chi connectivity index (χ2v) is 10.00. The van der Waals surface area contributed by atoms with Gasteiger partial charge in [-0.05, 0) is 38.4 Å². The minimum absolute atomic E-state index is 0.167. The van der Waals surface area contributed by atoms with Crippen LogP contribution in [0.2, 0.25) is 0 Å². The first kappa shape index (κ1) is 28.1. The molecule has 1 fully saturated rings. The van der Waals surface area contributed by atoms with Crippen molar-refractivity contribution in [1.82, 2.24) is 14.6 Å². The van der Waals surface area contributed by atoms with Gasteiger partial charge in [-0.3, -0.25) is 23.7 Å². The van der Waals surface area contributed by atoms with Gasteiger partial charge in [0.2, 0.25) is 0 Å². The van der Waals surface area contributed by atoms with E-state index in [0.29, 0.717) is 0 Å². The van der Waals surface area contributed by atoms with Crippen molar-refractivity contribution in [3.63, 3.8) is 0 Å². The van der Waals surface area contributed by atoms with Crippen molar-refractivity contribution in [1.29, 1.82) is 0 Å². The Balaban J connectivity index is 1.82. The van der Waals surface area contributed by atoms with Gasteiger partial charge in [0.1, 0.15) is 30.2 Å². The molecule has 0 radical (unpaired) electrons. The van der Waals surface area contributed by atoms with Gasteiger partial charge < -0.3 is 19.1 Å². The fourth-order valence-electron chi connectivity index (χ4n) is 3.42. The molecule has 16 heteroatoms. The Morgan fingerprint density at radius 2 is 2.00 bits per heavy atom. The number of nitrogens with zero attached hydrogens (tertiary/aromatic N) is 4. The van der Waals surface area contributed by atoms with Gasteiger partial charge >= 0.3 is 19.4 Å². The number of carbonyl (C=O) groups excluding carboxylic acids is 1. The molecule has 15 nitrogen and oxygen atoms in total. The summed E-state index contributed by atoms with van der Waals surface area (Å²) in [5, 5.41) is 16.7. The van der Waals surface area contributed by atoms with Gasteiger partial charge in [-0.1, -0.05) is 23.3 Å². The Labute approximate surface area is 210 Å². The average molecular weight is 538 g/mol. The Morgan fingerprint density at radius 1 is 1.30 bits per heavy atom. The molecule has 37 heavy (non-hydrogen) atoms. The molecule has 3 N–H and O–H groups in total. The van der Waals surface area contributed by atoms with Gasteiger partial charge in [-0.25, -0.2) is 9.36 Å². The standard InChI is InChI=1S/C21H27N6O9P/c1-12(2)34-20(30)13(3)25-37(32,36-14-7-5-4-6-8-14)33-11-15-18(29)17(24-26-22)19(35-15)27-10-9-16(28)23-21(27)31/h4-10,12-13,15,17-19,29H,11H2,1-3H3,(H,25,32)(H,23,28,31)/t13-,15+,17?,18+,19+,37?/m0/s1. The maximum absolute atomic E-state index is 13.6. The number of rotatable bonds is 11. The van der Waals surface area contributed by atoms with E-state index >= 15 is 0 Å². The fourth-order valence-corrected chi connectivity index (χ4v) is 4.92. The van der Waals surface area contributed by atoms with Crippen LogP contribution in [-0.4, -0.2) is 57.6 Å². The van der Waals surface area contributed by atoms with Crippen LogP contribution in [0.25, 0.3) is 10.4 Å². The van der Waals surface area contributed by atoms with Crippen molar-refractivity contribution in [2.24, 2.45) is 5.11 Å². The van der Waals surface area contributed by atoms with Crippen LogP contribution >= 0.6 is 7.75 Å². The predicted molar refractivity (Wildman–Crippen MR) is 129 cm³/mol. The Bertz CT molecular complexity index is 1290. The summed E-state index contributed by atoms with van der Waals surface area (Å²) in [5.41, 5.74) is 7.43. The number of esters is 1. The summed E-state index contributed by atoms with van der Waals surface area (Å²) >= 11 is 0. The molecule has 200 valence electrons. The van der Waals surface area contributed by atoms with E-state index < -0.39 is 68.2 Å². The van der Waals surface area contributed by atoms with Crippen LogP contribution in [0.5, 0.6) is 5.75 Å². The van der Waals surface area contributed by atoms with E-state index in [1.54, 1.807) is 32.0 Å². The maximum atomic E-state index is 13.6. The molecule has 0 amide bonds. The Kier molecular flexibility index (Phi) is 9.27. The number of aliphatic hydroxyl groups excluding tert-OH is 1. The maximum Gasteiger partial charge on any atom is 0.459 e. The monoisotopic (exact) mass is 538 g/mol. The molecule has 0 aliphatic carbocycles. The van der Waals surface area contributed by atoms with E-state index in [0.717, 1.165) is 16.8 Å². The van der Waals surface area contributed by atoms with Gasteiger partial charge in [0.05, 0.1) is 18.8 Å². The van der Waals surface area contributed by atoms with Crippen molar-refractivity contribution in [3.05, 3.63) is 73.9 Å². The molecule has 1 aliphatic heterocycles. The van der Waals surface area contributed by atoms with Gasteiger partial charge in [0, 0.05) is 17.2 Å². The lowest BCUT2D eigenvalue weighted by atomic mass is 10.1. The summed E-state index contributed by atoms with van der Waals surface area (Å²) < 4.78 is 36.4. The minimum Gasteiger partial charge on any atom is -0.462 e. The summed E-state index contributed by atoms with van der Waals surface area (Å²) in [7, 11) is -4.28. The quantitative estimate of drug-likeness (QED) is 0.124. The number of aliphatic hydroxyl groups is 1. The van der Waals surface area contributed by atoms with Crippen LogP contribution in [0.1, 0.15) is 27.0 Å². The molecule has 2 unspecified atom stereocenters. The number of aromatic nitrogens is 2. The van der Waals surface area contributed by atoms with Gasteiger partial charge in [-0.2, -0.15) is 5.09 Å². The zero-order valence-electron chi connectivity index (χ0n) is 20.2. The normalized spacial score (nSPS) is 23.6. The third kappa shape index (κ3) is 7.29. The molecular weight excluding hydrogens is 511 g/mol. The lowest BCUT2D eigenvalue weighted by molar-refractivity contribution is -0.149. The molecule has 2 heterocycles. The Hall–Kier alpha value is -3.45.